The highest BCUT2D eigenvalue weighted by Crippen LogP contribution is 2.34. The van der Waals surface area contributed by atoms with Crippen molar-refractivity contribution in [1.82, 2.24) is 35.1 Å². The van der Waals surface area contributed by atoms with Crippen LogP contribution in [0.5, 0.6) is 0 Å². The van der Waals surface area contributed by atoms with Gasteiger partial charge in [-0.25, -0.2) is 9.37 Å². The highest BCUT2D eigenvalue weighted by molar-refractivity contribution is 7.08. The predicted molar refractivity (Wildman–Crippen MR) is 137 cm³/mol. The maximum atomic E-state index is 15.9. The minimum absolute atomic E-state index is 0.0981. The maximum Gasteiger partial charge on any atom is 0.224 e. The van der Waals surface area contributed by atoms with E-state index in [4.69, 9.17) is 4.98 Å². The van der Waals surface area contributed by atoms with Crippen molar-refractivity contribution < 1.29 is 9.18 Å². The molecule has 0 bridgehead atoms. The normalized spacial score (nSPS) is 11.4. The molecule has 36 heavy (non-hydrogen) atoms. The number of nitrogens with zero attached hydrogens (tertiary/aromatic N) is 5. The van der Waals surface area contributed by atoms with Gasteiger partial charge in [0.1, 0.15) is 16.9 Å². The highest BCUT2D eigenvalue weighted by atomic mass is 32.1. The Kier molecular flexibility index (Phi) is 5.45. The number of hydrogen-bond acceptors (Lipinski definition) is 7. The lowest BCUT2D eigenvalue weighted by Crippen LogP contribution is -2.10. The fraction of sp³-hybridized carbons (Fsp3) is 0.120. The fourth-order valence-electron chi connectivity index (χ4n) is 4.11. The SMILES string of the molecule is CCCC(=O)Nc1cncc(-c2ncc3[nH]nc(-c4nc5c(-c6ccsc6)cncc5[nH]4)c3c2F)c1. The van der Waals surface area contributed by atoms with E-state index >= 15 is 4.39 Å². The Labute approximate surface area is 207 Å². The molecule has 0 spiro atoms. The molecule has 0 saturated carbocycles. The van der Waals surface area contributed by atoms with E-state index in [0.717, 1.165) is 28.6 Å². The van der Waals surface area contributed by atoms with Gasteiger partial charge in [0.2, 0.25) is 5.91 Å². The number of hydrogen-bond donors (Lipinski definition) is 3. The zero-order chi connectivity index (χ0) is 24.6. The molecule has 6 heterocycles. The van der Waals surface area contributed by atoms with Gasteiger partial charge in [0.05, 0.1) is 40.7 Å². The summed E-state index contributed by atoms with van der Waals surface area (Å²) in [7, 11) is 0. The highest BCUT2D eigenvalue weighted by Gasteiger charge is 2.21. The molecule has 1 amide bonds. The Hall–Kier alpha value is -4.51. The van der Waals surface area contributed by atoms with Crippen LogP contribution in [0.3, 0.4) is 0 Å². The van der Waals surface area contributed by atoms with Crippen LogP contribution in [0.2, 0.25) is 0 Å². The van der Waals surface area contributed by atoms with Gasteiger partial charge in [-0.15, -0.1) is 0 Å². The summed E-state index contributed by atoms with van der Waals surface area (Å²) >= 11 is 1.59. The van der Waals surface area contributed by atoms with Gasteiger partial charge in [0.15, 0.2) is 11.6 Å². The monoisotopic (exact) mass is 498 g/mol. The van der Waals surface area contributed by atoms with Crippen molar-refractivity contribution in [2.45, 2.75) is 19.8 Å². The second-order valence-electron chi connectivity index (χ2n) is 8.22. The summed E-state index contributed by atoms with van der Waals surface area (Å²) in [6.07, 6.45) is 9.11. The van der Waals surface area contributed by atoms with Crippen molar-refractivity contribution in [2.24, 2.45) is 0 Å². The molecule has 6 rings (SSSR count). The number of pyridine rings is 3. The molecule has 0 atom stereocenters. The quantitative estimate of drug-likeness (QED) is 0.276. The third-order valence-electron chi connectivity index (χ3n) is 5.77. The maximum absolute atomic E-state index is 15.9. The Morgan fingerprint density at radius 2 is 1.97 bits per heavy atom. The first-order valence-electron chi connectivity index (χ1n) is 11.3. The van der Waals surface area contributed by atoms with E-state index in [2.05, 4.69) is 35.5 Å². The van der Waals surface area contributed by atoms with Crippen molar-refractivity contribution in [3.63, 3.8) is 0 Å². The second-order valence-corrected chi connectivity index (χ2v) is 9.00. The van der Waals surface area contributed by atoms with Gasteiger partial charge in [-0.1, -0.05) is 6.92 Å². The first kappa shape index (κ1) is 22.0. The summed E-state index contributed by atoms with van der Waals surface area (Å²) in [4.78, 5) is 32.7. The van der Waals surface area contributed by atoms with Crippen LogP contribution in [0, 0.1) is 5.82 Å². The summed E-state index contributed by atoms with van der Waals surface area (Å²) in [6.45, 7) is 1.92. The minimum atomic E-state index is -0.563. The average molecular weight is 499 g/mol. The largest absolute Gasteiger partial charge is 0.335 e. The molecule has 6 aromatic rings. The van der Waals surface area contributed by atoms with Crippen molar-refractivity contribution in [1.29, 1.82) is 0 Å². The lowest BCUT2D eigenvalue weighted by molar-refractivity contribution is -0.116. The van der Waals surface area contributed by atoms with E-state index in [1.165, 1.54) is 18.6 Å². The second kappa shape index (κ2) is 8.93. The molecule has 0 aliphatic carbocycles. The fourth-order valence-corrected chi connectivity index (χ4v) is 4.77. The summed E-state index contributed by atoms with van der Waals surface area (Å²) in [6, 6.07) is 3.65. The van der Waals surface area contributed by atoms with Gasteiger partial charge in [-0.3, -0.25) is 24.8 Å². The predicted octanol–water partition coefficient (Wildman–Crippen LogP) is 5.56. The summed E-state index contributed by atoms with van der Waals surface area (Å²) in [5, 5.41) is 14.2. The Balaban J connectivity index is 1.44. The van der Waals surface area contributed by atoms with Crippen LogP contribution in [0.25, 0.3) is 55.8 Å². The number of H-pyrrole nitrogens is 2. The van der Waals surface area contributed by atoms with E-state index < -0.39 is 5.82 Å². The van der Waals surface area contributed by atoms with Crippen LogP contribution in [-0.2, 0) is 4.79 Å². The van der Waals surface area contributed by atoms with E-state index in [-0.39, 0.29) is 17.0 Å². The number of aromatic amines is 2. The number of nitrogens with one attached hydrogen (secondary N) is 3. The molecule has 3 N–H and O–H groups in total. The molecule has 0 radical (unpaired) electrons. The van der Waals surface area contributed by atoms with E-state index in [0.29, 0.717) is 34.7 Å². The molecule has 9 nitrogen and oxygen atoms in total. The zero-order valence-corrected chi connectivity index (χ0v) is 19.9. The smallest absolute Gasteiger partial charge is 0.224 e. The Bertz CT molecular complexity index is 1720. The standard InChI is InChI=1S/C25H19FN8OS/c1-2-3-19(35)30-15-6-14(7-27-8-15)22-21(26)20-17(11-29-22)33-34-24(20)25-31-18-10-28-9-16(23(18)32-25)13-4-5-36-12-13/h4-12H,2-3H2,1H3,(H,30,35)(H,31,32)(H,33,34). The number of aromatic nitrogens is 7. The lowest BCUT2D eigenvalue weighted by Gasteiger charge is -2.07. The van der Waals surface area contributed by atoms with Crippen LogP contribution in [0.4, 0.5) is 10.1 Å². The van der Waals surface area contributed by atoms with E-state index in [1.807, 2.05) is 23.8 Å². The molecule has 11 heteroatoms. The van der Waals surface area contributed by atoms with Gasteiger partial charge < -0.3 is 10.3 Å². The van der Waals surface area contributed by atoms with E-state index in [1.54, 1.807) is 29.8 Å². The number of anilines is 1. The van der Waals surface area contributed by atoms with Crippen LogP contribution in [0.15, 0.2) is 53.9 Å². The molecule has 0 aliphatic heterocycles. The number of carbonyl (C=O) groups excluding carboxylic acids is 1. The molecule has 0 aliphatic rings. The van der Waals surface area contributed by atoms with Crippen LogP contribution < -0.4 is 5.32 Å². The van der Waals surface area contributed by atoms with Crippen molar-refractivity contribution in [3.05, 3.63) is 59.7 Å². The molecular weight excluding hydrogens is 479 g/mol. The van der Waals surface area contributed by atoms with Crippen molar-refractivity contribution >= 4 is 44.9 Å². The van der Waals surface area contributed by atoms with Crippen LogP contribution >= 0.6 is 11.3 Å². The third kappa shape index (κ3) is 3.79. The average Bonchev–Trinajstić information content (AvgIpc) is 3.63. The number of imidazole rings is 1. The summed E-state index contributed by atoms with van der Waals surface area (Å²) in [5.41, 5.74) is 5.12. The van der Waals surface area contributed by atoms with Gasteiger partial charge in [-0.05, 0) is 34.9 Å². The molecule has 6 aromatic heterocycles. The Morgan fingerprint density at radius 1 is 1.08 bits per heavy atom. The summed E-state index contributed by atoms with van der Waals surface area (Å²) < 4.78 is 15.9. The van der Waals surface area contributed by atoms with Crippen LogP contribution in [-0.4, -0.2) is 41.0 Å². The molecule has 0 saturated heterocycles. The van der Waals surface area contributed by atoms with Crippen molar-refractivity contribution in [2.75, 3.05) is 5.32 Å². The first-order chi connectivity index (χ1) is 17.6. The van der Waals surface area contributed by atoms with Crippen LogP contribution in [0.1, 0.15) is 19.8 Å². The topological polar surface area (TPSA) is 125 Å². The number of halogens is 1. The number of thiophene rings is 1. The molecular formula is C25H19FN8OS. The summed E-state index contributed by atoms with van der Waals surface area (Å²) in [5.74, 6) is -0.277. The molecule has 0 unspecified atom stereocenters. The van der Waals surface area contributed by atoms with Gasteiger partial charge in [0, 0.05) is 29.9 Å². The van der Waals surface area contributed by atoms with E-state index in [9.17, 15) is 4.79 Å². The minimum Gasteiger partial charge on any atom is -0.335 e. The molecule has 0 fully saturated rings. The van der Waals surface area contributed by atoms with Gasteiger partial charge >= 0.3 is 0 Å². The number of fused-ring (bicyclic) bond motifs is 2. The van der Waals surface area contributed by atoms with Gasteiger partial charge in [0.25, 0.3) is 0 Å². The first-order valence-corrected chi connectivity index (χ1v) is 12.2. The lowest BCUT2D eigenvalue weighted by atomic mass is 10.1. The Morgan fingerprint density at radius 3 is 2.81 bits per heavy atom. The zero-order valence-electron chi connectivity index (χ0n) is 19.0. The van der Waals surface area contributed by atoms with Crippen molar-refractivity contribution in [3.8, 4) is 33.9 Å². The third-order valence-corrected chi connectivity index (χ3v) is 6.45. The number of carbonyl (C=O) groups is 1. The molecule has 0 aromatic carbocycles. The molecule has 178 valence electrons. The number of rotatable bonds is 6. The van der Waals surface area contributed by atoms with Gasteiger partial charge in [-0.2, -0.15) is 16.4 Å². The number of amides is 1.